The number of carbonyl (C=O) groups is 1. The lowest BCUT2D eigenvalue weighted by Gasteiger charge is -2.33. The van der Waals surface area contributed by atoms with Crippen molar-refractivity contribution in [2.24, 2.45) is 5.92 Å². The number of carboxylic acids is 1. The van der Waals surface area contributed by atoms with Crippen molar-refractivity contribution in [2.75, 3.05) is 31.1 Å². The highest BCUT2D eigenvalue weighted by atomic mass is 32.2. The van der Waals surface area contributed by atoms with Crippen LogP contribution in [0.4, 0.5) is 5.69 Å². The number of fused-ring (bicyclic) bond motifs is 1. The maximum atomic E-state index is 12.4. The first-order valence-corrected chi connectivity index (χ1v) is 7.96. The van der Waals surface area contributed by atoms with Crippen LogP contribution < -0.4 is 9.03 Å². The van der Waals surface area contributed by atoms with E-state index in [0.717, 1.165) is 4.31 Å². The van der Waals surface area contributed by atoms with Crippen LogP contribution in [0, 0.1) is 5.92 Å². The number of hydrogen-bond acceptors (Lipinski definition) is 4. The summed E-state index contributed by atoms with van der Waals surface area (Å²) in [5.74, 6) is -1.75. The van der Waals surface area contributed by atoms with E-state index >= 15 is 0 Å². The standard InChI is InChI=1S/C13H18N2O5S/c1-20-7-6-14-21(18,19)15-9-11(13(16)17)8-10-4-2-3-5-12(10)15/h2-5,11,14H,6-9H2,1H3,(H,16,17). The van der Waals surface area contributed by atoms with Gasteiger partial charge in [0.25, 0.3) is 0 Å². The first-order valence-electron chi connectivity index (χ1n) is 6.52. The molecule has 0 spiro atoms. The smallest absolute Gasteiger partial charge is 0.308 e. The van der Waals surface area contributed by atoms with E-state index in [0.29, 0.717) is 17.7 Å². The Morgan fingerprint density at radius 1 is 1.48 bits per heavy atom. The molecule has 0 saturated heterocycles. The summed E-state index contributed by atoms with van der Waals surface area (Å²) in [6.45, 7) is 0.307. The largest absolute Gasteiger partial charge is 0.481 e. The molecule has 1 aliphatic rings. The fraction of sp³-hybridized carbons (Fsp3) is 0.462. The van der Waals surface area contributed by atoms with Crippen molar-refractivity contribution in [3.05, 3.63) is 29.8 Å². The van der Waals surface area contributed by atoms with Gasteiger partial charge in [0.1, 0.15) is 0 Å². The number of hydrogen-bond donors (Lipinski definition) is 2. The minimum absolute atomic E-state index is 0.0747. The highest BCUT2D eigenvalue weighted by molar-refractivity contribution is 7.90. The number of aliphatic carboxylic acids is 1. The number of rotatable bonds is 6. The number of ether oxygens (including phenoxy) is 1. The number of nitrogens with zero attached hydrogens (tertiary/aromatic N) is 1. The van der Waals surface area contributed by atoms with Crippen molar-refractivity contribution < 1.29 is 23.1 Å². The molecular formula is C13H18N2O5S. The lowest BCUT2D eigenvalue weighted by atomic mass is 9.94. The molecule has 0 saturated carbocycles. The normalized spacial score (nSPS) is 18.3. The van der Waals surface area contributed by atoms with Gasteiger partial charge in [-0.05, 0) is 18.1 Å². The van der Waals surface area contributed by atoms with Gasteiger partial charge >= 0.3 is 16.2 Å². The summed E-state index contributed by atoms with van der Waals surface area (Å²) < 4.78 is 33.1. The van der Waals surface area contributed by atoms with Gasteiger partial charge in [-0.1, -0.05) is 18.2 Å². The van der Waals surface area contributed by atoms with E-state index in [1.807, 2.05) is 0 Å². The maximum Gasteiger partial charge on any atom is 0.308 e. The Bertz CT molecular complexity index is 617. The van der Waals surface area contributed by atoms with Crippen molar-refractivity contribution in [1.29, 1.82) is 0 Å². The summed E-state index contributed by atoms with van der Waals surface area (Å²) in [5, 5.41) is 9.20. The molecule has 21 heavy (non-hydrogen) atoms. The van der Waals surface area contributed by atoms with Gasteiger partial charge in [0, 0.05) is 20.2 Å². The molecule has 0 aromatic heterocycles. The molecule has 7 nitrogen and oxygen atoms in total. The second-order valence-corrected chi connectivity index (χ2v) is 6.47. The van der Waals surface area contributed by atoms with Crippen LogP contribution in [0.2, 0.25) is 0 Å². The topological polar surface area (TPSA) is 95.9 Å². The van der Waals surface area contributed by atoms with Crippen LogP contribution in [0.25, 0.3) is 0 Å². The Morgan fingerprint density at radius 3 is 2.86 bits per heavy atom. The predicted molar refractivity (Wildman–Crippen MR) is 77.4 cm³/mol. The molecule has 2 N–H and O–H groups in total. The van der Waals surface area contributed by atoms with Crippen LogP contribution in [0.15, 0.2) is 24.3 Å². The number of para-hydroxylation sites is 1. The van der Waals surface area contributed by atoms with Crippen LogP contribution in [-0.4, -0.2) is 46.3 Å². The molecule has 0 amide bonds. The average Bonchev–Trinajstić information content (AvgIpc) is 2.46. The number of nitrogens with one attached hydrogen (secondary N) is 1. The zero-order chi connectivity index (χ0) is 15.5. The quantitative estimate of drug-likeness (QED) is 0.733. The Labute approximate surface area is 123 Å². The van der Waals surface area contributed by atoms with E-state index in [-0.39, 0.29) is 19.7 Å². The van der Waals surface area contributed by atoms with Gasteiger partial charge in [0.05, 0.1) is 18.2 Å². The Kier molecular flexibility index (Phi) is 4.81. The number of methoxy groups -OCH3 is 1. The molecule has 1 atom stereocenters. The van der Waals surface area contributed by atoms with Gasteiger partial charge in [-0.3, -0.25) is 9.10 Å². The zero-order valence-electron chi connectivity index (χ0n) is 11.7. The van der Waals surface area contributed by atoms with E-state index in [1.165, 1.54) is 7.11 Å². The monoisotopic (exact) mass is 314 g/mol. The summed E-state index contributed by atoms with van der Waals surface area (Å²) in [5.41, 5.74) is 1.24. The van der Waals surface area contributed by atoms with Crippen molar-refractivity contribution in [1.82, 2.24) is 4.72 Å². The van der Waals surface area contributed by atoms with Crippen molar-refractivity contribution >= 4 is 21.9 Å². The van der Waals surface area contributed by atoms with Crippen LogP contribution >= 0.6 is 0 Å². The second-order valence-electron chi connectivity index (χ2n) is 4.79. The SMILES string of the molecule is COCCNS(=O)(=O)N1CC(C(=O)O)Cc2ccccc21. The molecule has 1 unspecified atom stereocenters. The first kappa shape index (κ1) is 15.7. The van der Waals surface area contributed by atoms with Gasteiger partial charge in [-0.15, -0.1) is 0 Å². The van der Waals surface area contributed by atoms with E-state index in [9.17, 15) is 18.3 Å². The molecule has 0 aliphatic carbocycles. The molecule has 1 aromatic rings. The van der Waals surface area contributed by atoms with E-state index in [2.05, 4.69) is 4.72 Å². The molecular weight excluding hydrogens is 296 g/mol. The molecule has 0 bridgehead atoms. The van der Waals surface area contributed by atoms with Gasteiger partial charge in [-0.25, -0.2) is 0 Å². The van der Waals surface area contributed by atoms with E-state index in [4.69, 9.17) is 4.74 Å². The second kappa shape index (κ2) is 6.42. The summed E-state index contributed by atoms with van der Waals surface area (Å²) >= 11 is 0. The highest BCUT2D eigenvalue weighted by Gasteiger charge is 2.34. The minimum atomic E-state index is -3.80. The van der Waals surface area contributed by atoms with Crippen molar-refractivity contribution in [3.8, 4) is 0 Å². The molecule has 0 fully saturated rings. The number of anilines is 1. The molecule has 2 rings (SSSR count). The third-order valence-electron chi connectivity index (χ3n) is 3.34. The van der Waals surface area contributed by atoms with Gasteiger partial charge in [-0.2, -0.15) is 13.1 Å². The lowest BCUT2D eigenvalue weighted by molar-refractivity contribution is -0.141. The molecule has 1 heterocycles. The molecule has 0 radical (unpaired) electrons. The van der Waals surface area contributed by atoms with Crippen LogP contribution in [0.5, 0.6) is 0 Å². The minimum Gasteiger partial charge on any atom is -0.481 e. The summed E-state index contributed by atoms with van der Waals surface area (Å²) in [7, 11) is -2.32. The van der Waals surface area contributed by atoms with E-state index in [1.54, 1.807) is 24.3 Å². The average molecular weight is 314 g/mol. The molecule has 1 aromatic carbocycles. The van der Waals surface area contributed by atoms with Gasteiger partial charge in [0.15, 0.2) is 0 Å². The highest BCUT2D eigenvalue weighted by Crippen LogP contribution is 2.31. The molecule has 8 heteroatoms. The third-order valence-corrected chi connectivity index (χ3v) is 4.84. The van der Waals surface area contributed by atoms with Gasteiger partial charge < -0.3 is 9.84 Å². The first-order chi connectivity index (χ1) is 9.95. The third kappa shape index (κ3) is 3.52. The summed E-state index contributed by atoms with van der Waals surface area (Å²) in [4.78, 5) is 11.2. The van der Waals surface area contributed by atoms with Gasteiger partial charge in [0.2, 0.25) is 0 Å². The summed E-state index contributed by atoms with van der Waals surface area (Å²) in [6.07, 6.45) is 0.329. The van der Waals surface area contributed by atoms with Crippen LogP contribution in [-0.2, 0) is 26.2 Å². The molecule has 1 aliphatic heterocycles. The number of carboxylic acid groups (broad SMARTS) is 1. The fourth-order valence-corrected chi connectivity index (χ4v) is 3.61. The maximum absolute atomic E-state index is 12.4. The van der Waals surface area contributed by atoms with E-state index < -0.39 is 22.1 Å². The Hall–Kier alpha value is -1.64. The van der Waals surface area contributed by atoms with Crippen LogP contribution in [0.3, 0.4) is 0 Å². The fourth-order valence-electron chi connectivity index (χ4n) is 2.30. The Balaban J connectivity index is 2.30. The number of benzene rings is 1. The zero-order valence-corrected chi connectivity index (χ0v) is 12.5. The Morgan fingerprint density at radius 2 is 2.19 bits per heavy atom. The summed E-state index contributed by atoms with van der Waals surface area (Å²) in [6, 6.07) is 6.94. The van der Waals surface area contributed by atoms with Crippen LogP contribution in [0.1, 0.15) is 5.56 Å². The lowest BCUT2D eigenvalue weighted by Crippen LogP contribution is -2.48. The van der Waals surface area contributed by atoms with Crippen molar-refractivity contribution in [3.63, 3.8) is 0 Å². The predicted octanol–water partition coefficient (Wildman–Crippen LogP) is 0.231. The van der Waals surface area contributed by atoms with Crippen molar-refractivity contribution in [2.45, 2.75) is 6.42 Å². The molecule has 116 valence electrons.